The fourth-order valence-corrected chi connectivity index (χ4v) is 4.17. The SMILES string of the molecule is COc1cc(C=C2NC(=O)SC2=O)cc2cc(C(O)c3nc(-c4ccccc4)oc3C)oc12. The number of oxazole rings is 1. The molecule has 1 fully saturated rings. The van der Waals surface area contributed by atoms with E-state index >= 15 is 0 Å². The maximum atomic E-state index is 11.9. The minimum absolute atomic E-state index is 0.196. The van der Waals surface area contributed by atoms with Gasteiger partial charge < -0.3 is 24.0 Å². The van der Waals surface area contributed by atoms with E-state index in [0.29, 0.717) is 51.4 Å². The Kier molecular flexibility index (Phi) is 5.27. The van der Waals surface area contributed by atoms with Crippen LogP contribution in [0.2, 0.25) is 0 Å². The van der Waals surface area contributed by atoms with Crippen molar-refractivity contribution < 1.29 is 28.3 Å². The third-order valence-electron chi connectivity index (χ3n) is 5.18. The molecule has 0 spiro atoms. The van der Waals surface area contributed by atoms with E-state index in [1.165, 1.54) is 7.11 Å². The molecule has 1 saturated heterocycles. The zero-order chi connectivity index (χ0) is 23.1. The first kappa shape index (κ1) is 21.0. The van der Waals surface area contributed by atoms with Crippen LogP contribution < -0.4 is 10.1 Å². The quantitative estimate of drug-likeness (QED) is 0.406. The molecule has 9 heteroatoms. The van der Waals surface area contributed by atoms with Gasteiger partial charge in [-0.25, -0.2) is 4.98 Å². The van der Waals surface area contributed by atoms with Crippen molar-refractivity contribution in [2.45, 2.75) is 13.0 Å². The summed E-state index contributed by atoms with van der Waals surface area (Å²) in [7, 11) is 1.50. The highest BCUT2D eigenvalue weighted by atomic mass is 32.2. The summed E-state index contributed by atoms with van der Waals surface area (Å²) >= 11 is 0.613. The Labute approximate surface area is 192 Å². The van der Waals surface area contributed by atoms with Crippen LogP contribution in [-0.2, 0) is 4.79 Å². The average Bonchev–Trinajstić information content (AvgIpc) is 3.50. The highest BCUT2D eigenvalue weighted by Gasteiger charge is 2.26. The number of aliphatic hydroxyl groups excluding tert-OH is 1. The van der Waals surface area contributed by atoms with Gasteiger partial charge in [-0.1, -0.05) is 18.2 Å². The van der Waals surface area contributed by atoms with E-state index in [1.54, 1.807) is 31.2 Å². The minimum Gasteiger partial charge on any atom is -0.493 e. The standard InChI is InChI=1S/C24H18N2O6S/c1-12-19(26-22(31-12)14-6-4-3-5-7-14)20(27)17-11-15-8-13(10-18(30-2)21(15)32-17)9-16-23(28)33-24(29)25-16/h3-11,20,27H,1-2H3,(H,25,29). The van der Waals surface area contributed by atoms with Gasteiger partial charge in [-0.3, -0.25) is 9.59 Å². The van der Waals surface area contributed by atoms with Crippen molar-refractivity contribution in [3.05, 3.63) is 77.0 Å². The Balaban J connectivity index is 1.52. The number of aliphatic hydroxyl groups is 1. The number of nitrogens with one attached hydrogen (secondary N) is 1. The van der Waals surface area contributed by atoms with Gasteiger partial charge in [0.2, 0.25) is 11.0 Å². The molecule has 2 aromatic carbocycles. The maximum absolute atomic E-state index is 11.9. The van der Waals surface area contributed by atoms with Crippen molar-refractivity contribution in [2.75, 3.05) is 7.11 Å². The van der Waals surface area contributed by atoms with Crippen LogP contribution >= 0.6 is 11.8 Å². The molecular formula is C24H18N2O6S. The normalized spacial score (nSPS) is 15.9. The smallest absolute Gasteiger partial charge is 0.291 e. The van der Waals surface area contributed by atoms with Crippen molar-refractivity contribution in [3.8, 4) is 17.2 Å². The lowest BCUT2D eigenvalue weighted by molar-refractivity contribution is -0.107. The molecule has 5 rings (SSSR count). The van der Waals surface area contributed by atoms with Gasteiger partial charge in [0.1, 0.15) is 17.2 Å². The van der Waals surface area contributed by atoms with E-state index in [0.717, 1.165) is 5.56 Å². The highest BCUT2D eigenvalue weighted by Crippen LogP contribution is 2.36. The second kappa shape index (κ2) is 8.27. The molecular weight excluding hydrogens is 444 g/mol. The number of hydrogen-bond donors (Lipinski definition) is 2. The number of ether oxygens (including phenoxy) is 1. The number of rotatable bonds is 5. The van der Waals surface area contributed by atoms with Crippen LogP contribution in [0, 0.1) is 6.92 Å². The number of methoxy groups -OCH3 is 1. The lowest BCUT2D eigenvalue weighted by atomic mass is 10.1. The van der Waals surface area contributed by atoms with E-state index in [4.69, 9.17) is 13.6 Å². The minimum atomic E-state index is -1.16. The molecule has 1 atom stereocenters. The van der Waals surface area contributed by atoms with Gasteiger partial charge in [-0.2, -0.15) is 0 Å². The number of thioether (sulfide) groups is 1. The fraction of sp³-hybridized carbons (Fsp3) is 0.125. The lowest BCUT2D eigenvalue weighted by Gasteiger charge is -2.05. The van der Waals surface area contributed by atoms with Gasteiger partial charge in [-0.05, 0) is 48.9 Å². The van der Waals surface area contributed by atoms with Crippen LogP contribution in [0.3, 0.4) is 0 Å². The van der Waals surface area contributed by atoms with Crippen molar-refractivity contribution in [2.24, 2.45) is 0 Å². The molecule has 4 aromatic rings. The number of benzene rings is 2. The first-order valence-electron chi connectivity index (χ1n) is 10.00. The van der Waals surface area contributed by atoms with Crippen LogP contribution in [0.25, 0.3) is 28.5 Å². The van der Waals surface area contributed by atoms with Crippen molar-refractivity contribution in [1.29, 1.82) is 0 Å². The molecule has 1 amide bonds. The summed E-state index contributed by atoms with van der Waals surface area (Å²) in [6, 6.07) is 14.6. The summed E-state index contributed by atoms with van der Waals surface area (Å²) in [6.45, 7) is 1.73. The van der Waals surface area contributed by atoms with E-state index < -0.39 is 11.3 Å². The molecule has 1 unspecified atom stereocenters. The maximum Gasteiger partial charge on any atom is 0.291 e. The van der Waals surface area contributed by atoms with Crippen LogP contribution in [0.5, 0.6) is 5.75 Å². The molecule has 2 N–H and O–H groups in total. The van der Waals surface area contributed by atoms with Gasteiger partial charge >= 0.3 is 0 Å². The zero-order valence-electron chi connectivity index (χ0n) is 17.6. The fourth-order valence-electron chi connectivity index (χ4n) is 3.62. The predicted octanol–water partition coefficient (Wildman–Crippen LogP) is 4.81. The lowest BCUT2D eigenvalue weighted by Crippen LogP contribution is -2.10. The number of amides is 1. The third kappa shape index (κ3) is 3.92. The number of carbonyl (C=O) groups excluding carboxylic acids is 2. The number of carbonyl (C=O) groups is 2. The van der Waals surface area contributed by atoms with Crippen molar-refractivity contribution in [1.82, 2.24) is 10.3 Å². The summed E-state index contributed by atoms with van der Waals surface area (Å²) in [5, 5.41) is 13.4. The van der Waals surface area contributed by atoms with Crippen LogP contribution in [0.15, 0.2) is 63.1 Å². The topological polar surface area (TPSA) is 115 Å². The second-order valence-corrected chi connectivity index (χ2v) is 8.32. The molecule has 1 aliphatic heterocycles. The molecule has 1 aliphatic rings. The van der Waals surface area contributed by atoms with Gasteiger partial charge in [-0.15, -0.1) is 0 Å². The van der Waals surface area contributed by atoms with Crippen LogP contribution in [-0.4, -0.2) is 27.6 Å². The molecule has 166 valence electrons. The van der Waals surface area contributed by atoms with E-state index in [9.17, 15) is 14.7 Å². The van der Waals surface area contributed by atoms with Crippen LogP contribution in [0.4, 0.5) is 4.79 Å². The molecule has 33 heavy (non-hydrogen) atoms. The van der Waals surface area contributed by atoms with Gasteiger partial charge in [0.25, 0.3) is 5.24 Å². The van der Waals surface area contributed by atoms with Gasteiger partial charge in [0.15, 0.2) is 17.4 Å². The largest absolute Gasteiger partial charge is 0.493 e. The first-order chi connectivity index (χ1) is 15.9. The highest BCUT2D eigenvalue weighted by molar-refractivity contribution is 8.27. The van der Waals surface area contributed by atoms with Gasteiger partial charge in [0, 0.05) is 22.7 Å². The van der Waals surface area contributed by atoms with E-state index in [-0.39, 0.29) is 16.6 Å². The molecule has 0 saturated carbocycles. The summed E-state index contributed by atoms with van der Waals surface area (Å²) in [5.41, 5.74) is 2.42. The molecule has 0 radical (unpaired) electrons. The summed E-state index contributed by atoms with van der Waals surface area (Å²) in [5.74, 6) is 1.58. The van der Waals surface area contributed by atoms with Crippen molar-refractivity contribution >= 4 is 39.2 Å². The Bertz CT molecular complexity index is 1420. The Morgan fingerprint density at radius 2 is 1.94 bits per heavy atom. The second-order valence-electron chi connectivity index (χ2n) is 7.38. The first-order valence-corrected chi connectivity index (χ1v) is 10.8. The number of aryl methyl sites for hydroxylation is 1. The Morgan fingerprint density at radius 3 is 2.64 bits per heavy atom. The number of nitrogens with zero attached hydrogens (tertiary/aromatic N) is 1. The number of fused-ring (bicyclic) bond motifs is 1. The number of hydrogen-bond acceptors (Lipinski definition) is 8. The predicted molar refractivity (Wildman–Crippen MR) is 123 cm³/mol. The molecule has 2 aromatic heterocycles. The Hall–Kier alpha value is -3.82. The van der Waals surface area contributed by atoms with Crippen molar-refractivity contribution in [3.63, 3.8) is 0 Å². The number of aromatic nitrogens is 1. The molecule has 8 nitrogen and oxygen atoms in total. The summed E-state index contributed by atoms with van der Waals surface area (Å²) < 4.78 is 17.1. The average molecular weight is 462 g/mol. The third-order valence-corrected chi connectivity index (χ3v) is 5.87. The summed E-state index contributed by atoms with van der Waals surface area (Å²) in [4.78, 5) is 27.8. The molecule has 0 bridgehead atoms. The van der Waals surface area contributed by atoms with Gasteiger partial charge in [0.05, 0.1) is 12.8 Å². The van der Waals surface area contributed by atoms with E-state index in [1.807, 2.05) is 30.3 Å². The number of furan rings is 1. The summed E-state index contributed by atoms with van der Waals surface area (Å²) in [6.07, 6.45) is 0.413. The monoisotopic (exact) mass is 462 g/mol. The van der Waals surface area contributed by atoms with Crippen LogP contribution in [0.1, 0.15) is 28.9 Å². The molecule has 3 heterocycles. The Morgan fingerprint density at radius 1 is 1.15 bits per heavy atom. The van der Waals surface area contributed by atoms with E-state index in [2.05, 4.69) is 10.3 Å². The zero-order valence-corrected chi connectivity index (χ0v) is 18.4. The molecule has 0 aliphatic carbocycles.